The fourth-order valence-corrected chi connectivity index (χ4v) is 0.991. The van der Waals surface area contributed by atoms with Gasteiger partial charge in [-0.15, -0.1) is 0 Å². The van der Waals surface area contributed by atoms with E-state index in [1.165, 1.54) is 0 Å². The molecule has 0 amide bonds. The highest BCUT2D eigenvalue weighted by atomic mass is 35.5. The van der Waals surface area contributed by atoms with Gasteiger partial charge in [0.15, 0.2) is 17.5 Å². The molecule has 0 bridgehead atoms. The van der Waals surface area contributed by atoms with Crippen LogP contribution in [0.1, 0.15) is 5.56 Å². The molecular weight excluding hydrogens is 215 g/mol. The molecule has 0 aliphatic carbocycles. The monoisotopic (exact) mass is 217 g/mol. The van der Waals surface area contributed by atoms with E-state index in [9.17, 15) is 13.2 Å². The van der Waals surface area contributed by atoms with Crippen molar-refractivity contribution in [2.75, 3.05) is 0 Å². The van der Waals surface area contributed by atoms with Crippen LogP contribution >= 0.6 is 11.6 Å². The third kappa shape index (κ3) is 2.06. The van der Waals surface area contributed by atoms with Crippen LogP contribution in [0.25, 0.3) is 5.03 Å². The maximum Gasteiger partial charge on any atom is 0.194 e. The summed E-state index contributed by atoms with van der Waals surface area (Å²) >= 11 is 5.49. The quantitative estimate of drug-likeness (QED) is 0.523. The highest BCUT2D eigenvalue weighted by Gasteiger charge is 2.11. The van der Waals surface area contributed by atoms with Gasteiger partial charge in [0, 0.05) is 6.08 Å². The van der Waals surface area contributed by atoms with E-state index in [4.69, 9.17) is 16.9 Å². The summed E-state index contributed by atoms with van der Waals surface area (Å²) in [5.41, 5.74) is -0.0791. The van der Waals surface area contributed by atoms with Crippen molar-refractivity contribution in [1.29, 1.82) is 5.26 Å². The summed E-state index contributed by atoms with van der Waals surface area (Å²) in [6.07, 6.45) is 0.897. The topological polar surface area (TPSA) is 23.8 Å². The summed E-state index contributed by atoms with van der Waals surface area (Å²) in [6, 6.07) is 3.02. The normalized spacial score (nSPS) is 11.2. The lowest BCUT2D eigenvalue weighted by Gasteiger charge is -2.00. The number of rotatable bonds is 1. The number of halogens is 4. The summed E-state index contributed by atoms with van der Waals surface area (Å²) in [4.78, 5) is 0. The van der Waals surface area contributed by atoms with Crippen molar-refractivity contribution in [3.05, 3.63) is 41.2 Å². The van der Waals surface area contributed by atoms with Crippen LogP contribution in [-0.4, -0.2) is 0 Å². The molecule has 0 aliphatic rings. The first-order valence-electron chi connectivity index (χ1n) is 3.46. The molecular formula is C9H3ClF3N. The fraction of sp³-hybridized carbons (Fsp3) is 0. The molecule has 1 aromatic rings. The Morgan fingerprint density at radius 2 is 1.79 bits per heavy atom. The van der Waals surface area contributed by atoms with Gasteiger partial charge in [0.05, 0.1) is 11.1 Å². The minimum absolute atomic E-state index is 0.0791. The van der Waals surface area contributed by atoms with E-state index < -0.39 is 17.5 Å². The fourth-order valence-electron chi connectivity index (χ4n) is 0.833. The first-order chi connectivity index (χ1) is 6.56. The summed E-state index contributed by atoms with van der Waals surface area (Å²) in [5.74, 6) is -4.25. The summed E-state index contributed by atoms with van der Waals surface area (Å²) in [6.45, 7) is 0. The van der Waals surface area contributed by atoms with Crippen molar-refractivity contribution in [3.63, 3.8) is 0 Å². The molecule has 0 aliphatic heterocycles. The van der Waals surface area contributed by atoms with E-state index in [0.29, 0.717) is 12.1 Å². The highest BCUT2D eigenvalue weighted by molar-refractivity contribution is 6.48. The molecule has 0 atom stereocenters. The zero-order valence-corrected chi connectivity index (χ0v) is 7.45. The molecule has 0 aromatic heterocycles. The molecule has 1 aromatic carbocycles. The predicted molar refractivity (Wildman–Crippen MR) is 45.8 cm³/mol. The summed E-state index contributed by atoms with van der Waals surface area (Å²) in [7, 11) is 0. The van der Waals surface area contributed by atoms with Crippen molar-refractivity contribution >= 4 is 16.6 Å². The van der Waals surface area contributed by atoms with E-state index in [1.807, 2.05) is 0 Å². The molecule has 72 valence electrons. The summed E-state index contributed by atoms with van der Waals surface area (Å²) in [5, 5.41) is 8.07. The van der Waals surface area contributed by atoms with Crippen molar-refractivity contribution in [2.45, 2.75) is 0 Å². The third-order valence-electron chi connectivity index (χ3n) is 1.45. The molecule has 0 unspecified atom stereocenters. The van der Waals surface area contributed by atoms with E-state index in [2.05, 4.69) is 0 Å². The van der Waals surface area contributed by atoms with E-state index in [1.54, 1.807) is 6.07 Å². The van der Waals surface area contributed by atoms with Gasteiger partial charge in [0.1, 0.15) is 0 Å². The van der Waals surface area contributed by atoms with Gasteiger partial charge in [0.25, 0.3) is 0 Å². The Hall–Kier alpha value is -1.47. The largest absolute Gasteiger partial charge is 0.204 e. The van der Waals surface area contributed by atoms with Gasteiger partial charge in [-0.05, 0) is 17.7 Å². The lowest BCUT2D eigenvalue weighted by Crippen LogP contribution is -1.92. The van der Waals surface area contributed by atoms with Gasteiger partial charge in [-0.25, -0.2) is 13.2 Å². The van der Waals surface area contributed by atoms with Crippen molar-refractivity contribution < 1.29 is 13.2 Å². The molecule has 0 N–H and O–H groups in total. The maximum absolute atomic E-state index is 12.7. The minimum atomic E-state index is -1.56. The van der Waals surface area contributed by atoms with Gasteiger partial charge in [-0.1, -0.05) is 11.6 Å². The van der Waals surface area contributed by atoms with Crippen LogP contribution in [0.5, 0.6) is 0 Å². The Morgan fingerprint density at radius 1 is 1.29 bits per heavy atom. The molecule has 0 saturated carbocycles. The molecule has 5 heteroatoms. The average Bonchev–Trinajstić information content (AvgIpc) is 2.13. The van der Waals surface area contributed by atoms with Gasteiger partial charge in [0.2, 0.25) is 0 Å². The smallest absolute Gasteiger partial charge is 0.194 e. The Balaban J connectivity index is 3.27. The second-order valence-corrected chi connectivity index (χ2v) is 2.78. The van der Waals surface area contributed by atoms with Crippen LogP contribution in [0.3, 0.4) is 0 Å². The van der Waals surface area contributed by atoms with E-state index in [0.717, 1.165) is 6.08 Å². The Bertz CT molecular complexity index is 411. The maximum atomic E-state index is 12.7. The van der Waals surface area contributed by atoms with Crippen LogP contribution in [-0.2, 0) is 0 Å². The average molecular weight is 218 g/mol. The van der Waals surface area contributed by atoms with Crippen LogP contribution in [0.2, 0.25) is 0 Å². The number of hydrogen-bond acceptors (Lipinski definition) is 1. The lowest BCUT2D eigenvalue weighted by atomic mass is 10.2. The third-order valence-corrected chi connectivity index (χ3v) is 1.78. The molecule has 1 rings (SSSR count). The van der Waals surface area contributed by atoms with Crippen molar-refractivity contribution in [1.82, 2.24) is 0 Å². The number of nitriles is 1. The Morgan fingerprint density at radius 3 is 2.21 bits per heavy atom. The standard InChI is InChI=1S/C9H3ClF3N/c10-6(1-2-14)5-3-7(11)9(13)8(12)4-5/h1,3-4H/b6-1+. The van der Waals surface area contributed by atoms with E-state index in [-0.39, 0.29) is 10.6 Å². The molecule has 0 heterocycles. The van der Waals surface area contributed by atoms with Gasteiger partial charge in [-0.2, -0.15) is 5.26 Å². The summed E-state index contributed by atoms with van der Waals surface area (Å²) < 4.78 is 37.8. The number of hydrogen-bond donors (Lipinski definition) is 0. The van der Waals surface area contributed by atoms with Crippen molar-refractivity contribution in [2.24, 2.45) is 0 Å². The van der Waals surface area contributed by atoms with Crippen LogP contribution in [0.4, 0.5) is 13.2 Å². The number of benzene rings is 1. The van der Waals surface area contributed by atoms with Gasteiger partial charge < -0.3 is 0 Å². The Kier molecular flexibility index (Phi) is 3.15. The van der Waals surface area contributed by atoms with Crippen LogP contribution in [0, 0.1) is 28.8 Å². The molecule has 0 radical (unpaired) electrons. The zero-order valence-electron chi connectivity index (χ0n) is 6.69. The molecule has 14 heavy (non-hydrogen) atoms. The van der Waals surface area contributed by atoms with Gasteiger partial charge >= 0.3 is 0 Å². The number of allylic oxidation sites excluding steroid dienone is 1. The lowest BCUT2D eigenvalue weighted by molar-refractivity contribution is 0.447. The number of nitrogens with zero attached hydrogens (tertiary/aromatic N) is 1. The molecule has 0 spiro atoms. The Labute approximate surface area is 83.0 Å². The molecule has 1 nitrogen and oxygen atoms in total. The second kappa shape index (κ2) is 4.16. The molecule has 0 saturated heterocycles. The van der Waals surface area contributed by atoms with Crippen molar-refractivity contribution in [3.8, 4) is 6.07 Å². The SMILES string of the molecule is N#C/C=C(/Cl)c1cc(F)c(F)c(F)c1. The van der Waals surface area contributed by atoms with Gasteiger partial charge in [-0.3, -0.25) is 0 Å². The first kappa shape index (κ1) is 10.6. The first-order valence-corrected chi connectivity index (χ1v) is 3.84. The predicted octanol–water partition coefficient (Wildman–Crippen LogP) is 3.21. The minimum Gasteiger partial charge on any atom is -0.204 e. The van der Waals surface area contributed by atoms with E-state index >= 15 is 0 Å². The second-order valence-electron chi connectivity index (χ2n) is 2.38. The highest BCUT2D eigenvalue weighted by Crippen LogP contribution is 2.22. The van der Waals surface area contributed by atoms with Crippen LogP contribution in [0.15, 0.2) is 18.2 Å². The zero-order chi connectivity index (χ0) is 10.7. The van der Waals surface area contributed by atoms with Crippen LogP contribution < -0.4 is 0 Å². The molecule has 0 fully saturated rings.